The molecule has 0 amide bonds. The van der Waals surface area contributed by atoms with Crippen molar-refractivity contribution in [3.63, 3.8) is 0 Å². The first-order valence-corrected chi connectivity index (χ1v) is 6.05. The van der Waals surface area contributed by atoms with Crippen molar-refractivity contribution in [2.45, 2.75) is 19.8 Å². The smallest absolute Gasteiger partial charge is 0.0456 e. The van der Waals surface area contributed by atoms with Crippen molar-refractivity contribution in [3.05, 3.63) is 36.0 Å². The number of nitrogens with one attached hydrogen (secondary N) is 1. The Morgan fingerprint density at radius 2 is 2.06 bits per heavy atom. The molecule has 0 unspecified atom stereocenters. The summed E-state index contributed by atoms with van der Waals surface area (Å²) in [4.78, 5) is 5.68. The summed E-state index contributed by atoms with van der Waals surface area (Å²) in [5.41, 5.74) is 2.70. The Labute approximate surface area is 97.3 Å². The summed E-state index contributed by atoms with van der Waals surface area (Å²) < 4.78 is 0. The quantitative estimate of drug-likeness (QED) is 0.814. The molecular weight excluding hydrogens is 196 g/mol. The predicted octanol–water partition coefficient (Wildman–Crippen LogP) is 3.05. The van der Waals surface area contributed by atoms with Gasteiger partial charge in [-0.3, -0.25) is 0 Å². The van der Waals surface area contributed by atoms with Gasteiger partial charge in [0.25, 0.3) is 0 Å². The van der Waals surface area contributed by atoms with E-state index in [2.05, 4.69) is 54.3 Å². The summed E-state index contributed by atoms with van der Waals surface area (Å²) in [6.45, 7) is 4.51. The molecule has 0 fully saturated rings. The fourth-order valence-electron chi connectivity index (χ4n) is 2.04. The molecule has 2 rings (SSSR count). The Morgan fingerprint density at radius 1 is 1.25 bits per heavy atom. The Hall–Kier alpha value is -1.28. The molecule has 0 bridgehead atoms. The largest absolute Gasteiger partial charge is 0.361 e. The third-order valence-corrected chi connectivity index (χ3v) is 3.20. The molecule has 2 heteroatoms. The maximum Gasteiger partial charge on any atom is 0.0456 e. The van der Waals surface area contributed by atoms with E-state index >= 15 is 0 Å². The molecule has 0 atom stereocenters. The Morgan fingerprint density at radius 3 is 2.88 bits per heavy atom. The van der Waals surface area contributed by atoms with Gasteiger partial charge in [0, 0.05) is 17.1 Å². The second-order valence-electron chi connectivity index (χ2n) is 4.36. The number of hydrogen-bond acceptors (Lipinski definition) is 1. The summed E-state index contributed by atoms with van der Waals surface area (Å²) in [5, 5.41) is 1.38. The van der Waals surface area contributed by atoms with Crippen molar-refractivity contribution in [3.8, 4) is 0 Å². The van der Waals surface area contributed by atoms with Crippen molar-refractivity contribution >= 4 is 10.9 Å². The van der Waals surface area contributed by atoms with E-state index in [0.29, 0.717) is 0 Å². The van der Waals surface area contributed by atoms with Crippen LogP contribution in [0.1, 0.15) is 18.9 Å². The first-order chi connectivity index (χ1) is 7.81. The van der Waals surface area contributed by atoms with Gasteiger partial charge < -0.3 is 9.88 Å². The number of rotatable bonds is 5. The minimum atomic E-state index is 1.13. The van der Waals surface area contributed by atoms with Crippen LogP contribution in [0.2, 0.25) is 0 Å². The molecule has 0 spiro atoms. The molecule has 0 aliphatic heterocycles. The van der Waals surface area contributed by atoms with Crippen molar-refractivity contribution in [1.29, 1.82) is 0 Å². The predicted molar refractivity (Wildman–Crippen MR) is 69.8 cm³/mol. The first kappa shape index (κ1) is 11.2. The Bertz CT molecular complexity index is 445. The van der Waals surface area contributed by atoms with E-state index in [0.717, 1.165) is 13.0 Å². The van der Waals surface area contributed by atoms with Gasteiger partial charge in [-0.05, 0) is 44.6 Å². The maximum absolute atomic E-state index is 3.33. The number of aromatic nitrogens is 1. The zero-order valence-corrected chi connectivity index (χ0v) is 10.2. The number of fused-ring (bicyclic) bond motifs is 1. The zero-order valence-electron chi connectivity index (χ0n) is 10.2. The van der Waals surface area contributed by atoms with Gasteiger partial charge in [0.05, 0.1) is 0 Å². The topological polar surface area (TPSA) is 19.0 Å². The molecule has 16 heavy (non-hydrogen) atoms. The highest BCUT2D eigenvalue weighted by atomic mass is 15.1. The second kappa shape index (κ2) is 5.17. The van der Waals surface area contributed by atoms with Gasteiger partial charge in [0.15, 0.2) is 0 Å². The van der Waals surface area contributed by atoms with E-state index in [-0.39, 0.29) is 0 Å². The van der Waals surface area contributed by atoms with Gasteiger partial charge in [-0.2, -0.15) is 0 Å². The molecule has 2 aromatic rings. The van der Waals surface area contributed by atoms with Crippen LogP contribution in [0.3, 0.4) is 0 Å². The highest BCUT2D eigenvalue weighted by Crippen LogP contribution is 2.18. The monoisotopic (exact) mass is 216 g/mol. The van der Waals surface area contributed by atoms with Gasteiger partial charge in [-0.15, -0.1) is 0 Å². The molecule has 86 valence electrons. The van der Waals surface area contributed by atoms with Crippen LogP contribution in [0.4, 0.5) is 0 Å². The molecule has 0 saturated carbocycles. The van der Waals surface area contributed by atoms with E-state index < -0.39 is 0 Å². The van der Waals surface area contributed by atoms with Gasteiger partial charge in [0.1, 0.15) is 0 Å². The fourth-order valence-corrected chi connectivity index (χ4v) is 2.04. The van der Waals surface area contributed by atoms with Crippen LogP contribution in [0, 0.1) is 0 Å². The van der Waals surface area contributed by atoms with Crippen LogP contribution in [0.15, 0.2) is 30.5 Å². The lowest BCUT2D eigenvalue weighted by Crippen LogP contribution is -2.19. The molecule has 0 radical (unpaired) electrons. The SMILES string of the molecule is CCN(C)CCCc1c[nH]c2ccccc12. The third-order valence-electron chi connectivity index (χ3n) is 3.20. The summed E-state index contributed by atoms with van der Waals surface area (Å²) in [6.07, 6.45) is 4.54. The molecule has 1 N–H and O–H groups in total. The lowest BCUT2D eigenvalue weighted by atomic mass is 10.1. The van der Waals surface area contributed by atoms with E-state index in [9.17, 15) is 0 Å². The van der Waals surface area contributed by atoms with E-state index in [1.165, 1.54) is 29.4 Å². The van der Waals surface area contributed by atoms with Crippen molar-refractivity contribution in [2.24, 2.45) is 0 Å². The summed E-state index contributed by atoms with van der Waals surface area (Å²) in [6, 6.07) is 8.52. The molecule has 1 aromatic heterocycles. The Balaban J connectivity index is 1.99. The number of aryl methyl sites for hydroxylation is 1. The van der Waals surface area contributed by atoms with Crippen molar-refractivity contribution < 1.29 is 0 Å². The number of benzene rings is 1. The van der Waals surface area contributed by atoms with E-state index in [1.807, 2.05) is 0 Å². The van der Waals surface area contributed by atoms with Crippen molar-refractivity contribution in [1.82, 2.24) is 9.88 Å². The summed E-state index contributed by atoms with van der Waals surface area (Å²) >= 11 is 0. The number of nitrogens with zero attached hydrogens (tertiary/aromatic N) is 1. The molecule has 0 aliphatic rings. The normalized spacial score (nSPS) is 11.4. The molecule has 0 saturated heterocycles. The van der Waals surface area contributed by atoms with E-state index in [4.69, 9.17) is 0 Å². The van der Waals surface area contributed by atoms with Gasteiger partial charge >= 0.3 is 0 Å². The van der Waals surface area contributed by atoms with E-state index in [1.54, 1.807) is 0 Å². The number of para-hydroxylation sites is 1. The van der Waals surface area contributed by atoms with Gasteiger partial charge in [-0.25, -0.2) is 0 Å². The summed E-state index contributed by atoms with van der Waals surface area (Å²) in [7, 11) is 2.18. The van der Waals surface area contributed by atoms with Crippen LogP contribution in [0.25, 0.3) is 10.9 Å². The average Bonchev–Trinajstić information content (AvgIpc) is 2.73. The zero-order chi connectivity index (χ0) is 11.4. The molecular formula is C14H20N2. The standard InChI is InChI=1S/C14H20N2/c1-3-16(2)10-6-7-12-11-15-14-9-5-4-8-13(12)14/h4-5,8-9,11,15H,3,6-7,10H2,1-2H3. The maximum atomic E-state index is 3.33. The minimum absolute atomic E-state index is 1.13. The van der Waals surface area contributed by atoms with Crippen LogP contribution in [0.5, 0.6) is 0 Å². The summed E-state index contributed by atoms with van der Waals surface area (Å²) in [5.74, 6) is 0. The van der Waals surface area contributed by atoms with Crippen LogP contribution < -0.4 is 0 Å². The van der Waals surface area contributed by atoms with Crippen molar-refractivity contribution in [2.75, 3.05) is 20.1 Å². The average molecular weight is 216 g/mol. The lowest BCUT2D eigenvalue weighted by Gasteiger charge is -2.12. The van der Waals surface area contributed by atoms with Gasteiger partial charge in [-0.1, -0.05) is 25.1 Å². The van der Waals surface area contributed by atoms with Crippen LogP contribution in [-0.4, -0.2) is 30.0 Å². The molecule has 1 heterocycles. The van der Waals surface area contributed by atoms with Crippen LogP contribution in [-0.2, 0) is 6.42 Å². The number of hydrogen-bond donors (Lipinski definition) is 1. The Kier molecular flexibility index (Phi) is 3.62. The fraction of sp³-hybridized carbons (Fsp3) is 0.429. The highest BCUT2D eigenvalue weighted by Gasteiger charge is 2.02. The van der Waals surface area contributed by atoms with Crippen LogP contribution >= 0.6 is 0 Å². The lowest BCUT2D eigenvalue weighted by molar-refractivity contribution is 0.347. The highest BCUT2D eigenvalue weighted by molar-refractivity contribution is 5.82. The molecule has 0 aliphatic carbocycles. The number of H-pyrrole nitrogens is 1. The van der Waals surface area contributed by atoms with Gasteiger partial charge in [0.2, 0.25) is 0 Å². The second-order valence-corrected chi connectivity index (χ2v) is 4.36. The molecule has 1 aromatic carbocycles. The minimum Gasteiger partial charge on any atom is -0.361 e. The third kappa shape index (κ3) is 2.45. The molecule has 2 nitrogen and oxygen atoms in total. The number of aromatic amines is 1. The first-order valence-electron chi connectivity index (χ1n) is 6.05.